The number of nitrogens with one attached hydrogen (secondary N) is 1. The molecule has 0 radical (unpaired) electrons. The number of aromatic amines is 1. The summed E-state index contributed by atoms with van der Waals surface area (Å²) in [5, 5.41) is 17.8. The van der Waals surface area contributed by atoms with Gasteiger partial charge in [0.25, 0.3) is 5.91 Å². The molecule has 1 atom stereocenters. The number of benzene rings is 2. The lowest BCUT2D eigenvalue weighted by Crippen LogP contribution is -2.30. The van der Waals surface area contributed by atoms with Gasteiger partial charge in [0.2, 0.25) is 0 Å². The molecule has 1 aromatic heterocycles. The summed E-state index contributed by atoms with van der Waals surface area (Å²) < 4.78 is 11.6. The number of aromatic nitrogens is 2. The molecule has 7 nitrogen and oxygen atoms in total. The summed E-state index contributed by atoms with van der Waals surface area (Å²) in [6.45, 7) is 7.50. The molecule has 0 saturated carbocycles. The molecule has 174 valence electrons. The molecule has 1 amide bonds. The van der Waals surface area contributed by atoms with E-state index in [0.717, 1.165) is 24.0 Å². The van der Waals surface area contributed by atoms with Crippen LogP contribution < -0.4 is 9.47 Å². The van der Waals surface area contributed by atoms with Gasteiger partial charge in [-0.05, 0) is 42.2 Å². The van der Waals surface area contributed by atoms with Gasteiger partial charge in [-0.1, -0.05) is 45.4 Å². The van der Waals surface area contributed by atoms with Crippen molar-refractivity contribution >= 4 is 5.91 Å². The molecule has 33 heavy (non-hydrogen) atoms. The minimum atomic E-state index is -0.347. The van der Waals surface area contributed by atoms with Gasteiger partial charge in [0.15, 0.2) is 11.5 Å². The number of fused-ring (bicyclic) bond motifs is 1. The van der Waals surface area contributed by atoms with Gasteiger partial charge in [0.1, 0.15) is 17.1 Å². The highest BCUT2D eigenvalue weighted by Crippen LogP contribution is 2.45. The van der Waals surface area contributed by atoms with Crippen molar-refractivity contribution in [3.8, 4) is 28.5 Å². The van der Waals surface area contributed by atoms with Crippen molar-refractivity contribution in [3.05, 3.63) is 59.3 Å². The number of H-pyrrole nitrogens is 1. The molecule has 1 aliphatic heterocycles. The fraction of sp³-hybridized carbons (Fsp3) is 0.385. The number of carbonyl (C=O) groups excluding carboxylic acids is 1. The van der Waals surface area contributed by atoms with Crippen LogP contribution in [0.1, 0.15) is 61.3 Å². The summed E-state index contributed by atoms with van der Waals surface area (Å²) in [7, 11) is 1.62. The maximum atomic E-state index is 13.4. The van der Waals surface area contributed by atoms with Crippen molar-refractivity contribution in [2.45, 2.75) is 39.7 Å². The van der Waals surface area contributed by atoms with Crippen molar-refractivity contribution < 1.29 is 19.4 Å². The second kappa shape index (κ2) is 9.57. The quantitative estimate of drug-likeness (QED) is 0.470. The predicted molar refractivity (Wildman–Crippen MR) is 127 cm³/mol. The third-order valence-electron chi connectivity index (χ3n) is 5.85. The maximum Gasteiger partial charge on any atom is 0.273 e. The number of phenolic OH excluding ortho intramolecular Hbond substituents is 1. The Kier molecular flexibility index (Phi) is 6.58. The molecule has 1 aliphatic rings. The fourth-order valence-electron chi connectivity index (χ4n) is 4.21. The molecule has 4 rings (SSSR count). The van der Waals surface area contributed by atoms with Crippen LogP contribution in [-0.2, 0) is 0 Å². The van der Waals surface area contributed by atoms with Crippen molar-refractivity contribution in [1.29, 1.82) is 0 Å². The van der Waals surface area contributed by atoms with Gasteiger partial charge >= 0.3 is 0 Å². The number of carbonyl (C=O) groups is 1. The van der Waals surface area contributed by atoms with Crippen LogP contribution in [0.3, 0.4) is 0 Å². The highest BCUT2D eigenvalue weighted by molar-refractivity contribution is 6.00. The molecule has 7 heteroatoms. The van der Waals surface area contributed by atoms with E-state index in [1.807, 2.05) is 35.2 Å². The van der Waals surface area contributed by atoms with E-state index in [0.29, 0.717) is 47.5 Å². The molecular formula is C26H31N3O4. The van der Waals surface area contributed by atoms with Crippen LogP contribution in [0, 0.1) is 5.92 Å². The van der Waals surface area contributed by atoms with Crippen molar-refractivity contribution in [3.63, 3.8) is 0 Å². The molecular weight excluding hydrogens is 418 g/mol. The lowest BCUT2D eigenvalue weighted by atomic mass is 9.95. The van der Waals surface area contributed by atoms with Crippen molar-refractivity contribution in [1.82, 2.24) is 15.1 Å². The van der Waals surface area contributed by atoms with E-state index in [2.05, 4.69) is 31.0 Å². The number of hydrogen-bond donors (Lipinski definition) is 2. The number of nitrogens with zero attached hydrogens (tertiary/aromatic N) is 2. The summed E-state index contributed by atoms with van der Waals surface area (Å²) >= 11 is 0. The number of methoxy groups -OCH3 is 1. The first-order valence-corrected chi connectivity index (χ1v) is 11.4. The highest BCUT2D eigenvalue weighted by Gasteiger charge is 2.42. The summed E-state index contributed by atoms with van der Waals surface area (Å²) in [5.41, 5.74) is 3.32. The molecule has 0 spiro atoms. The number of unbranched alkanes of at least 4 members (excludes halogenated alkanes) is 1. The first-order chi connectivity index (χ1) is 16.0. The van der Waals surface area contributed by atoms with E-state index in [1.54, 1.807) is 19.2 Å². The van der Waals surface area contributed by atoms with Crippen LogP contribution in [0.2, 0.25) is 0 Å². The molecule has 2 heterocycles. The minimum Gasteiger partial charge on any atom is -0.507 e. The van der Waals surface area contributed by atoms with Gasteiger partial charge in [-0.15, -0.1) is 0 Å². The SMILES string of the molecule is CCCCN1C(=O)c2[nH]nc(-c3ccccc3O)c2C1c1ccc(OCC(C)C)c(OC)c1. The Morgan fingerprint density at radius 2 is 1.97 bits per heavy atom. The van der Waals surface area contributed by atoms with Gasteiger partial charge in [-0.2, -0.15) is 5.10 Å². The number of rotatable bonds is 9. The Labute approximate surface area is 194 Å². The van der Waals surface area contributed by atoms with E-state index in [-0.39, 0.29) is 17.7 Å². The van der Waals surface area contributed by atoms with Gasteiger partial charge in [-0.3, -0.25) is 9.89 Å². The van der Waals surface area contributed by atoms with E-state index in [4.69, 9.17) is 9.47 Å². The molecule has 3 aromatic rings. The van der Waals surface area contributed by atoms with Gasteiger partial charge in [0, 0.05) is 17.7 Å². The number of phenols is 1. The van der Waals surface area contributed by atoms with Gasteiger partial charge in [0.05, 0.1) is 19.8 Å². The summed E-state index contributed by atoms with van der Waals surface area (Å²) in [6, 6.07) is 12.5. The Bertz CT molecular complexity index is 1140. The fourth-order valence-corrected chi connectivity index (χ4v) is 4.21. The number of aromatic hydroxyl groups is 1. The average molecular weight is 450 g/mol. The lowest BCUT2D eigenvalue weighted by molar-refractivity contribution is 0.0741. The van der Waals surface area contributed by atoms with Crippen LogP contribution >= 0.6 is 0 Å². The van der Waals surface area contributed by atoms with Gasteiger partial charge < -0.3 is 19.5 Å². The molecule has 2 N–H and O–H groups in total. The molecule has 0 bridgehead atoms. The van der Waals surface area contributed by atoms with Crippen LogP contribution in [0.5, 0.6) is 17.2 Å². The topological polar surface area (TPSA) is 87.7 Å². The van der Waals surface area contributed by atoms with Crippen molar-refractivity contribution in [2.75, 3.05) is 20.3 Å². The van der Waals surface area contributed by atoms with E-state index in [9.17, 15) is 9.90 Å². The number of hydrogen-bond acceptors (Lipinski definition) is 5. The Hall–Kier alpha value is -3.48. The zero-order chi connectivity index (χ0) is 23.5. The van der Waals surface area contributed by atoms with Gasteiger partial charge in [-0.25, -0.2) is 0 Å². The van der Waals surface area contributed by atoms with E-state index < -0.39 is 0 Å². The second-order valence-corrected chi connectivity index (χ2v) is 8.75. The number of amides is 1. The smallest absolute Gasteiger partial charge is 0.273 e. The van der Waals surface area contributed by atoms with E-state index >= 15 is 0 Å². The van der Waals surface area contributed by atoms with Crippen LogP contribution in [0.4, 0.5) is 0 Å². The molecule has 0 saturated heterocycles. The normalized spacial score (nSPS) is 15.2. The second-order valence-electron chi connectivity index (χ2n) is 8.75. The summed E-state index contributed by atoms with van der Waals surface area (Å²) in [4.78, 5) is 15.2. The number of para-hydroxylation sites is 1. The minimum absolute atomic E-state index is 0.0864. The summed E-state index contributed by atoms with van der Waals surface area (Å²) in [5.74, 6) is 1.72. The first-order valence-electron chi connectivity index (χ1n) is 11.4. The number of ether oxygens (including phenoxy) is 2. The standard InChI is InChI=1S/C26H31N3O4/c1-5-6-13-29-25(17-11-12-20(21(14-17)32-4)33-15-16(2)3)22-23(27-28-24(22)26(29)31)18-9-7-8-10-19(18)30/h7-12,14,16,25,30H,5-6,13,15H2,1-4H3,(H,27,28). The highest BCUT2D eigenvalue weighted by atomic mass is 16.5. The lowest BCUT2D eigenvalue weighted by Gasteiger charge is -2.27. The Morgan fingerprint density at radius 3 is 2.67 bits per heavy atom. The summed E-state index contributed by atoms with van der Waals surface area (Å²) in [6.07, 6.45) is 1.86. The largest absolute Gasteiger partial charge is 0.507 e. The monoisotopic (exact) mass is 449 g/mol. The Morgan fingerprint density at radius 1 is 1.18 bits per heavy atom. The predicted octanol–water partition coefficient (Wildman–Crippen LogP) is 5.17. The molecule has 2 aromatic carbocycles. The maximum absolute atomic E-state index is 13.4. The zero-order valence-corrected chi connectivity index (χ0v) is 19.6. The Balaban J connectivity index is 1.82. The molecule has 0 fully saturated rings. The van der Waals surface area contributed by atoms with E-state index in [1.165, 1.54) is 0 Å². The third kappa shape index (κ3) is 4.27. The van der Waals surface area contributed by atoms with Crippen LogP contribution in [0.25, 0.3) is 11.3 Å². The average Bonchev–Trinajstić information content (AvgIpc) is 3.35. The first kappa shape index (κ1) is 22.7. The van der Waals surface area contributed by atoms with Crippen LogP contribution in [-0.4, -0.2) is 46.4 Å². The zero-order valence-electron chi connectivity index (χ0n) is 19.6. The molecule has 0 aliphatic carbocycles. The molecule has 1 unspecified atom stereocenters. The van der Waals surface area contributed by atoms with Crippen molar-refractivity contribution in [2.24, 2.45) is 5.92 Å². The third-order valence-corrected chi connectivity index (χ3v) is 5.85. The van der Waals surface area contributed by atoms with Crippen LogP contribution in [0.15, 0.2) is 42.5 Å².